The van der Waals surface area contributed by atoms with Gasteiger partial charge in [-0.25, -0.2) is 4.79 Å². The highest BCUT2D eigenvalue weighted by atomic mass is 16.6. The van der Waals surface area contributed by atoms with Crippen LogP contribution in [-0.2, 0) is 19.1 Å². The Morgan fingerprint density at radius 3 is 3.05 bits per heavy atom. The number of ether oxygens (including phenoxy) is 2. The van der Waals surface area contributed by atoms with Gasteiger partial charge < -0.3 is 9.47 Å². The molecule has 6 unspecified atom stereocenters. The summed E-state index contributed by atoms with van der Waals surface area (Å²) in [6, 6.07) is 0. The Morgan fingerprint density at radius 1 is 1.45 bits per heavy atom. The van der Waals surface area contributed by atoms with Crippen LogP contribution >= 0.6 is 0 Å². The molecule has 0 aromatic carbocycles. The predicted molar refractivity (Wildman–Crippen MR) is 70.6 cm³/mol. The zero-order valence-electron chi connectivity index (χ0n) is 11.8. The van der Waals surface area contributed by atoms with Gasteiger partial charge in [-0.2, -0.15) is 0 Å². The first-order chi connectivity index (χ1) is 9.62. The summed E-state index contributed by atoms with van der Waals surface area (Å²) < 4.78 is 11.6. The van der Waals surface area contributed by atoms with Crippen LogP contribution in [0.25, 0.3) is 0 Å². The highest BCUT2D eigenvalue weighted by molar-refractivity contribution is 5.86. The molecule has 0 aromatic rings. The van der Waals surface area contributed by atoms with Gasteiger partial charge in [-0.15, -0.1) is 0 Å². The van der Waals surface area contributed by atoms with Crippen molar-refractivity contribution in [3.63, 3.8) is 0 Å². The van der Waals surface area contributed by atoms with Crippen LogP contribution in [0.5, 0.6) is 0 Å². The molecule has 6 atom stereocenters. The van der Waals surface area contributed by atoms with Gasteiger partial charge >= 0.3 is 5.97 Å². The summed E-state index contributed by atoms with van der Waals surface area (Å²) in [6.07, 6.45) is 5.92. The zero-order valence-corrected chi connectivity index (χ0v) is 11.8. The first-order valence-electron chi connectivity index (χ1n) is 7.85. The standard InChI is InChI=1S/C16H21O4/c1-2-10-5-12(17)6-14(10)20-15(18)16-7-9-3-11(8-19-16)13(16)4-9/h7,9-11,13-14H,2-6,8H2,1H3. The van der Waals surface area contributed by atoms with E-state index in [1.165, 1.54) is 6.42 Å². The Kier molecular flexibility index (Phi) is 2.75. The fourth-order valence-corrected chi connectivity index (χ4v) is 4.84. The second-order valence-corrected chi connectivity index (χ2v) is 6.93. The third kappa shape index (κ3) is 1.63. The lowest BCUT2D eigenvalue weighted by Gasteiger charge is -2.31. The molecule has 3 aliphatic carbocycles. The smallest absolute Gasteiger partial charge is 0.339 e. The molecule has 4 heteroatoms. The lowest BCUT2D eigenvalue weighted by atomic mass is 9.80. The van der Waals surface area contributed by atoms with E-state index >= 15 is 0 Å². The van der Waals surface area contributed by atoms with E-state index in [0.29, 0.717) is 37.2 Å². The quantitative estimate of drug-likeness (QED) is 0.740. The Bertz CT molecular complexity index is 459. The van der Waals surface area contributed by atoms with Gasteiger partial charge in [-0.05, 0) is 31.1 Å². The average Bonchev–Trinajstić information content (AvgIpc) is 3.09. The highest BCUT2D eigenvalue weighted by Crippen LogP contribution is 2.59. The SMILES string of the molecule is CCC1CC(=O)CC1OC(=O)C12[CH]C3CC(CO1)C2C3. The van der Waals surface area contributed by atoms with Gasteiger partial charge in [-0.3, -0.25) is 4.79 Å². The fourth-order valence-electron chi connectivity index (χ4n) is 4.84. The number of carbonyl (C=O) groups excluding carboxylic acids is 2. The number of ketones is 1. The van der Waals surface area contributed by atoms with Crippen molar-refractivity contribution in [1.82, 2.24) is 0 Å². The van der Waals surface area contributed by atoms with Crippen LogP contribution in [0, 0.1) is 30.1 Å². The van der Waals surface area contributed by atoms with Crippen molar-refractivity contribution < 1.29 is 19.1 Å². The maximum absolute atomic E-state index is 12.6. The molecular weight excluding hydrogens is 256 g/mol. The van der Waals surface area contributed by atoms with Crippen molar-refractivity contribution in [1.29, 1.82) is 0 Å². The van der Waals surface area contributed by atoms with Crippen molar-refractivity contribution in [2.45, 2.75) is 50.7 Å². The molecule has 4 aliphatic rings. The van der Waals surface area contributed by atoms with Crippen molar-refractivity contribution in [3.8, 4) is 0 Å². The largest absolute Gasteiger partial charge is 0.459 e. The van der Waals surface area contributed by atoms with E-state index in [4.69, 9.17) is 9.47 Å². The molecule has 3 saturated carbocycles. The number of fused-ring (bicyclic) bond motifs is 1. The minimum atomic E-state index is -0.780. The van der Waals surface area contributed by atoms with Crippen molar-refractivity contribution >= 4 is 11.8 Å². The molecule has 4 rings (SSSR count). The lowest BCUT2D eigenvalue weighted by Crippen LogP contribution is -2.46. The summed E-state index contributed by atoms with van der Waals surface area (Å²) in [6.45, 7) is 2.74. The highest BCUT2D eigenvalue weighted by Gasteiger charge is 2.66. The number of hydrogen-bond donors (Lipinski definition) is 0. The first-order valence-corrected chi connectivity index (χ1v) is 7.85. The summed E-state index contributed by atoms with van der Waals surface area (Å²) in [7, 11) is 0. The Balaban J connectivity index is 1.50. The van der Waals surface area contributed by atoms with E-state index in [0.717, 1.165) is 12.8 Å². The minimum Gasteiger partial charge on any atom is -0.459 e. The Labute approximate surface area is 119 Å². The van der Waals surface area contributed by atoms with Gasteiger partial charge in [0, 0.05) is 31.1 Å². The summed E-state index contributed by atoms with van der Waals surface area (Å²) in [4.78, 5) is 24.2. The second kappa shape index (κ2) is 4.30. The second-order valence-electron chi connectivity index (χ2n) is 6.93. The fraction of sp³-hybridized carbons (Fsp3) is 0.812. The van der Waals surface area contributed by atoms with Gasteiger partial charge in [0.25, 0.3) is 0 Å². The third-order valence-electron chi connectivity index (χ3n) is 5.85. The Hall–Kier alpha value is -0.900. The first kappa shape index (κ1) is 12.8. The molecule has 1 heterocycles. The molecule has 4 fully saturated rings. The van der Waals surface area contributed by atoms with Gasteiger partial charge in [0.2, 0.25) is 0 Å². The van der Waals surface area contributed by atoms with Crippen LogP contribution in [0.2, 0.25) is 0 Å². The van der Waals surface area contributed by atoms with Crippen LogP contribution < -0.4 is 0 Å². The van der Waals surface area contributed by atoms with E-state index < -0.39 is 5.60 Å². The molecular formula is C16H21O4. The predicted octanol–water partition coefficient (Wildman–Crippen LogP) is 1.92. The van der Waals surface area contributed by atoms with Crippen LogP contribution in [-0.4, -0.2) is 30.1 Å². The van der Waals surface area contributed by atoms with E-state index in [2.05, 4.69) is 6.42 Å². The van der Waals surface area contributed by atoms with E-state index in [1.54, 1.807) is 0 Å². The van der Waals surface area contributed by atoms with Gasteiger partial charge in [0.1, 0.15) is 11.9 Å². The van der Waals surface area contributed by atoms with Crippen LogP contribution in [0.15, 0.2) is 0 Å². The molecule has 1 radical (unpaired) electrons. The van der Waals surface area contributed by atoms with Crippen LogP contribution in [0.3, 0.4) is 0 Å². The topological polar surface area (TPSA) is 52.6 Å². The summed E-state index contributed by atoms with van der Waals surface area (Å²) in [5.74, 6) is 1.55. The van der Waals surface area contributed by atoms with Gasteiger partial charge in [0.15, 0.2) is 5.60 Å². The maximum Gasteiger partial charge on any atom is 0.339 e. The summed E-state index contributed by atoms with van der Waals surface area (Å²) >= 11 is 0. The minimum absolute atomic E-state index is 0.193. The van der Waals surface area contributed by atoms with Crippen LogP contribution in [0.1, 0.15) is 39.0 Å². The van der Waals surface area contributed by atoms with Gasteiger partial charge in [-0.1, -0.05) is 6.92 Å². The Morgan fingerprint density at radius 2 is 2.30 bits per heavy atom. The lowest BCUT2D eigenvalue weighted by molar-refractivity contribution is -0.172. The number of rotatable bonds is 3. The molecule has 0 spiro atoms. The molecule has 4 nitrogen and oxygen atoms in total. The van der Waals surface area contributed by atoms with Crippen molar-refractivity contribution in [2.75, 3.05) is 6.61 Å². The molecule has 2 bridgehead atoms. The van der Waals surface area contributed by atoms with E-state index in [-0.39, 0.29) is 23.8 Å². The molecule has 1 aliphatic heterocycles. The van der Waals surface area contributed by atoms with E-state index in [1.807, 2.05) is 6.92 Å². The number of hydrogen-bond acceptors (Lipinski definition) is 4. The average molecular weight is 277 g/mol. The monoisotopic (exact) mass is 277 g/mol. The molecule has 0 amide bonds. The van der Waals surface area contributed by atoms with Gasteiger partial charge in [0.05, 0.1) is 6.61 Å². The summed E-state index contributed by atoms with van der Waals surface area (Å²) in [5.41, 5.74) is -0.780. The third-order valence-corrected chi connectivity index (χ3v) is 5.85. The molecule has 0 aromatic heterocycles. The van der Waals surface area contributed by atoms with Crippen molar-refractivity contribution in [3.05, 3.63) is 6.42 Å². The van der Waals surface area contributed by atoms with Crippen LogP contribution in [0.4, 0.5) is 0 Å². The molecule has 0 N–H and O–H groups in total. The van der Waals surface area contributed by atoms with E-state index in [9.17, 15) is 9.59 Å². The summed E-state index contributed by atoms with van der Waals surface area (Å²) in [5, 5.41) is 0. The molecule has 109 valence electrons. The zero-order chi connectivity index (χ0) is 13.9. The number of carbonyl (C=O) groups is 2. The normalized spacial score (nSPS) is 49.0. The van der Waals surface area contributed by atoms with Crippen molar-refractivity contribution in [2.24, 2.45) is 23.7 Å². The maximum atomic E-state index is 12.6. The number of Topliss-reactive ketones (excluding diaryl/α,β-unsaturated/α-hetero) is 1. The molecule has 20 heavy (non-hydrogen) atoms. The number of esters is 1. The molecule has 1 saturated heterocycles.